The first-order valence-electron chi connectivity index (χ1n) is 22.0. The molecule has 2 amide bonds. The van der Waals surface area contributed by atoms with E-state index in [0.29, 0.717) is 22.5 Å². The van der Waals surface area contributed by atoms with Crippen LogP contribution in [0.5, 0.6) is 11.5 Å². The zero-order valence-corrected chi connectivity index (χ0v) is 41.0. The van der Waals surface area contributed by atoms with Crippen LogP contribution in [-0.2, 0) is 19.2 Å². The summed E-state index contributed by atoms with van der Waals surface area (Å²) in [7, 11) is 0. The molecule has 0 radical (unpaired) electrons. The molecule has 0 aliphatic carbocycles. The molecule has 0 saturated carbocycles. The van der Waals surface area contributed by atoms with Crippen molar-refractivity contribution in [1.82, 2.24) is 19.6 Å². The number of rotatable bonds is 12. The fourth-order valence-corrected chi connectivity index (χ4v) is 8.04. The normalized spacial score (nSPS) is 11.8. The molecule has 0 fully saturated rings. The number of Topliss-reactive ketones (excluding diaryl/α,β-unsaturated/α-hetero) is 2. The number of anilines is 2. The summed E-state index contributed by atoms with van der Waals surface area (Å²) in [5.41, 5.74) is 7.86. The highest BCUT2D eigenvalue weighted by atomic mass is 35.5. The van der Waals surface area contributed by atoms with Gasteiger partial charge in [-0.3, -0.25) is 19.2 Å². The van der Waals surface area contributed by atoms with Gasteiger partial charge in [0.15, 0.2) is 23.7 Å². The fourth-order valence-electron chi connectivity index (χ4n) is 7.71. The Balaban J connectivity index is 0.000000206. The molecule has 356 valence electrons. The van der Waals surface area contributed by atoms with Crippen molar-refractivity contribution in [2.75, 3.05) is 10.6 Å². The van der Waals surface area contributed by atoms with Crippen molar-refractivity contribution in [3.63, 3.8) is 0 Å². The van der Waals surface area contributed by atoms with Gasteiger partial charge in [0.25, 0.3) is 11.8 Å². The summed E-state index contributed by atoms with van der Waals surface area (Å²) in [6, 6.07) is 28.7. The van der Waals surface area contributed by atoms with Crippen LogP contribution in [0.25, 0.3) is 21.8 Å². The minimum atomic E-state index is -1.21. The molecule has 70 heavy (non-hydrogen) atoms. The van der Waals surface area contributed by atoms with E-state index in [2.05, 4.69) is 20.8 Å². The number of hydrogen-bond donors (Lipinski definition) is 2. The van der Waals surface area contributed by atoms with Crippen molar-refractivity contribution in [3.05, 3.63) is 176 Å². The van der Waals surface area contributed by atoms with Gasteiger partial charge in [-0.2, -0.15) is 10.2 Å². The van der Waals surface area contributed by atoms with E-state index in [0.717, 1.165) is 44.2 Å². The predicted octanol–water partition coefficient (Wildman–Crippen LogP) is 11.2. The van der Waals surface area contributed by atoms with E-state index in [1.165, 1.54) is 59.6 Å². The molecule has 2 atom stereocenters. The van der Waals surface area contributed by atoms with E-state index in [-0.39, 0.29) is 32.5 Å². The molecule has 8 rings (SSSR count). The van der Waals surface area contributed by atoms with Crippen molar-refractivity contribution >= 4 is 91.7 Å². The highest BCUT2D eigenvalue weighted by Crippen LogP contribution is 2.30. The molecule has 2 unspecified atom stereocenters. The number of aryl methyl sites for hydroxylation is 6. The Morgan fingerprint density at radius 1 is 0.486 bits per heavy atom. The van der Waals surface area contributed by atoms with Crippen LogP contribution in [0.2, 0.25) is 10.0 Å². The first-order chi connectivity index (χ1) is 33.3. The third-order valence-corrected chi connectivity index (χ3v) is 11.9. The summed E-state index contributed by atoms with van der Waals surface area (Å²) in [6.45, 7) is 14.1. The molecule has 2 heterocycles. The number of nitrogens with one attached hydrogen (secondary N) is 2. The van der Waals surface area contributed by atoms with E-state index in [4.69, 9.17) is 32.7 Å². The minimum Gasteiger partial charge on any atom is -0.423 e. The maximum absolute atomic E-state index is 13.2. The fraction of sp³-hybridized carbons (Fsp3) is 0.185. The van der Waals surface area contributed by atoms with Crippen LogP contribution in [0.1, 0.15) is 80.0 Å². The van der Waals surface area contributed by atoms with E-state index in [1.54, 1.807) is 24.5 Å². The molecule has 2 aromatic heterocycles. The Morgan fingerprint density at radius 2 is 0.900 bits per heavy atom. The molecule has 0 aliphatic heterocycles. The minimum absolute atomic E-state index is 0.185. The van der Waals surface area contributed by atoms with Crippen molar-refractivity contribution in [1.29, 1.82) is 0 Å². The average molecular weight is 980 g/mol. The van der Waals surface area contributed by atoms with E-state index >= 15 is 0 Å². The summed E-state index contributed by atoms with van der Waals surface area (Å²) >= 11 is 12.6. The Bertz CT molecular complexity index is 3400. The summed E-state index contributed by atoms with van der Waals surface area (Å²) in [5.74, 6) is -2.33. The molecule has 2 N–H and O–H groups in total. The molecular formula is C54H48Cl2N6O8. The summed E-state index contributed by atoms with van der Waals surface area (Å²) in [4.78, 5) is 76.9. The van der Waals surface area contributed by atoms with Gasteiger partial charge in [0.1, 0.15) is 11.5 Å². The Hall–Kier alpha value is -7.94. The zero-order chi connectivity index (χ0) is 50.6. The van der Waals surface area contributed by atoms with Gasteiger partial charge < -0.3 is 20.1 Å². The number of amides is 2. The second-order valence-corrected chi connectivity index (χ2v) is 17.8. The lowest BCUT2D eigenvalue weighted by molar-refractivity contribution is -0.130. The second-order valence-electron chi connectivity index (χ2n) is 17.0. The number of fused-ring (bicyclic) bond motifs is 2. The van der Waals surface area contributed by atoms with Crippen LogP contribution >= 0.6 is 23.2 Å². The standard InChI is InChI=1S/2C27H24ClN3O4/c1-15-6-10-24(17(3)11-15)35-27(34)19-7-8-21(28)22(13-19)30-26(33)25(18(4)32)31-23-9-5-16(2)12-20(23)14-29-31;1-15-6-10-24(17(3)11-15)35-27(34)19-8-9-21(28)22(13-19)30-26(33)25(18(4)32)31-23-12-16(2)5-7-20(23)14-29-31/h2*5-14,25H,1-4H3,(H,30,33). The Morgan fingerprint density at radius 3 is 1.37 bits per heavy atom. The number of carbonyl (C=O) groups is 6. The lowest BCUT2D eigenvalue weighted by Crippen LogP contribution is -2.32. The van der Waals surface area contributed by atoms with Gasteiger partial charge in [-0.15, -0.1) is 0 Å². The molecule has 16 heteroatoms. The number of esters is 2. The molecule has 0 bridgehead atoms. The van der Waals surface area contributed by atoms with Gasteiger partial charge in [0, 0.05) is 10.8 Å². The first kappa shape index (κ1) is 50.0. The van der Waals surface area contributed by atoms with Crippen molar-refractivity contribution < 1.29 is 38.2 Å². The van der Waals surface area contributed by atoms with Gasteiger partial charge in [0.2, 0.25) is 0 Å². The monoisotopic (exact) mass is 978 g/mol. The van der Waals surface area contributed by atoms with Crippen molar-refractivity contribution in [3.8, 4) is 11.5 Å². The van der Waals surface area contributed by atoms with Gasteiger partial charge in [-0.05, 0) is 139 Å². The predicted molar refractivity (Wildman–Crippen MR) is 270 cm³/mol. The number of ketones is 2. The second kappa shape index (κ2) is 21.1. The van der Waals surface area contributed by atoms with Gasteiger partial charge in [0.05, 0.1) is 56.0 Å². The maximum atomic E-state index is 13.2. The topological polar surface area (TPSA) is 181 Å². The third kappa shape index (κ3) is 11.3. The average Bonchev–Trinajstić information content (AvgIpc) is 3.90. The van der Waals surface area contributed by atoms with Gasteiger partial charge in [-0.25, -0.2) is 19.0 Å². The number of benzene rings is 6. The summed E-state index contributed by atoms with van der Waals surface area (Å²) < 4.78 is 13.8. The van der Waals surface area contributed by atoms with Crippen LogP contribution in [0.4, 0.5) is 11.4 Å². The van der Waals surface area contributed by atoms with Crippen LogP contribution in [0.3, 0.4) is 0 Å². The SMILES string of the molecule is CC(=O)C(C(=O)Nc1cc(C(=O)Oc2ccc(C)cc2C)ccc1Cl)n1ncc2cc(C)ccc21.CC(=O)C(C(=O)Nc1cc(C(=O)Oc2ccc(C)cc2C)ccc1Cl)n1ncc2ccc(C)cc21. The van der Waals surface area contributed by atoms with Crippen molar-refractivity contribution in [2.45, 2.75) is 67.5 Å². The first-order valence-corrected chi connectivity index (χ1v) is 22.7. The van der Waals surface area contributed by atoms with E-state index in [1.807, 2.05) is 102 Å². The molecule has 6 aromatic carbocycles. The summed E-state index contributed by atoms with van der Waals surface area (Å²) in [5, 5.41) is 16.0. The number of hydrogen-bond acceptors (Lipinski definition) is 10. The van der Waals surface area contributed by atoms with Crippen LogP contribution in [0.15, 0.2) is 122 Å². The number of halogens is 2. The maximum Gasteiger partial charge on any atom is 0.343 e. The van der Waals surface area contributed by atoms with Crippen molar-refractivity contribution in [2.24, 2.45) is 0 Å². The molecule has 14 nitrogen and oxygen atoms in total. The molecule has 0 aliphatic rings. The van der Waals surface area contributed by atoms with Crippen LogP contribution in [0, 0.1) is 41.5 Å². The number of carbonyl (C=O) groups excluding carboxylic acids is 6. The zero-order valence-electron chi connectivity index (χ0n) is 39.5. The third-order valence-electron chi connectivity index (χ3n) is 11.2. The lowest BCUT2D eigenvalue weighted by atomic mass is 10.1. The van der Waals surface area contributed by atoms with Crippen LogP contribution < -0.4 is 20.1 Å². The lowest BCUT2D eigenvalue weighted by Gasteiger charge is -2.17. The summed E-state index contributed by atoms with van der Waals surface area (Å²) in [6.07, 6.45) is 3.22. The molecule has 0 saturated heterocycles. The van der Waals surface area contributed by atoms with Gasteiger partial charge in [-0.1, -0.05) is 82.4 Å². The quantitative estimate of drug-likeness (QED) is 0.0679. The number of ether oxygens (including phenoxy) is 2. The largest absolute Gasteiger partial charge is 0.423 e. The Labute approximate surface area is 413 Å². The smallest absolute Gasteiger partial charge is 0.343 e. The highest BCUT2D eigenvalue weighted by Gasteiger charge is 2.30. The van der Waals surface area contributed by atoms with Crippen LogP contribution in [-0.4, -0.2) is 54.9 Å². The van der Waals surface area contributed by atoms with E-state index in [9.17, 15) is 28.8 Å². The van der Waals surface area contributed by atoms with Gasteiger partial charge >= 0.3 is 11.9 Å². The van der Waals surface area contributed by atoms with E-state index < -0.39 is 47.4 Å². The number of aromatic nitrogens is 4. The number of nitrogens with zero attached hydrogens (tertiary/aromatic N) is 4. The molecule has 8 aromatic rings. The Kier molecular flexibility index (Phi) is 15.1. The molecule has 0 spiro atoms. The highest BCUT2D eigenvalue weighted by molar-refractivity contribution is 6.34. The molecular weight excluding hydrogens is 932 g/mol.